The van der Waals surface area contributed by atoms with Crippen LogP contribution in [0.1, 0.15) is 0 Å². The molecule has 0 aromatic heterocycles. The van der Waals surface area contributed by atoms with Crippen molar-refractivity contribution in [2.24, 2.45) is 0 Å². The molecule has 0 aliphatic carbocycles. The SMILES string of the molecule is FC(F)(Br)C(F)(F)S(F)(F)(F)(F)F. The highest BCUT2D eigenvalue weighted by Crippen LogP contribution is 3.05. The Hall–Kier alpha value is 0.200. The largest absolute Gasteiger partial charge is 0.454 e. The lowest BCUT2D eigenvalue weighted by molar-refractivity contribution is -0.108. The summed E-state index contributed by atoms with van der Waals surface area (Å²) in [5.41, 5.74) is 0. The summed E-state index contributed by atoms with van der Waals surface area (Å²) < 4.78 is 102. The number of hydrogen-bond acceptors (Lipinski definition) is 0. The third-order valence-electron chi connectivity index (χ3n) is 0.814. The molecule has 84 valence electrons. The first-order chi connectivity index (χ1) is 5.00. The lowest BCUT2D eigenvalue weighted by Crippen LogP contribution is -2.45. The Kier molecular flexibility index (Phi) is 2.10. The molecule has 0 radical (unpaired) electrons. The Morgan fingerprint density at radius 1 is 0.769 bits per heavy atom. The third-order valence-corrected chi connectivity index (χ3v) is 2.80. The van der Waals surface area contributed by atoms with Gasteiger partial charge in [0.05, 0.1) is 0 Å². The average Bonchev–Trinajstić information content (AvgIpc) is 1.52. The van der Waals surface area contributed by atoms with Gasteiger partial charge in [0.1, 0.15) is 0 Å². The van der Waals surface area contributed by atoms with E-state index in [0.29, 0.717) is 15.9 Å². The molecule has 0 heterocycles. The molecule has 0 rings (SSSR count). The van der Waals surface area contributed by atoms with Gasteiger partial charge < -0.3 is 0 Å². The minimum atomic E-state index is -11.6. The Labute approximate surface area is 73.9 Å². The molecule has 0 aliphatic heterocycles. The van der Waals surface area contributed by atoms with Crippen LogP contribution in [0, 0.1) is 0 Å². The highest BCUT2D eigenvalue weighted by atomic mass is 79.9. The van der Waals surface area contributed by atoms with E-state index in [1.807, 2.05) is 0 Å². The molecule has 0 aromatic carbocycles. The lowest BCUT2D eigenvalue weighted by atomic mass is 10.7. The van der Waals surface area contributed by atoms with Gasteiger partial charge in [0.15, 0.2) is 0 Å². The molecule has 0 saturated heterocycles. The van der Waals surface area contributed by atoms with Crippen LogP contribution in [0.3, 0.4) is 0 Å². The van der Waals surface area contributed by atoms with E-state index < -0.39 is 20.3 Å². The Morgan fingerprint density at radius 2 is 1.00 bits per heavy atom. The standard InChI is InChI=1S/C2BrF9S/c3-1(4,5)2(6,7)13(8,9,10,11)12. The number of alkyl halides is 5. The second kappa shape index (κ2) is 2.07. The predicted molar refractivity (Wildman–Crippen MR) is 32.0 cm³/mol. The molecule has 0 spiro atoms. The monoisotopic (exact) mass is 306 g/mol. The summed E-state index contributed by atoms with van der Waals surface area (Å²) in [7, 11) is -11.6. The second-order valence-corrected chi connectivity index (χ2v) is 5.43. The fourth-order valence-electron chi connectivity index (χ4n) is 0.219. The first-order valence-corrected chi connectivity index (χ1v) is 4.91. The van der Waals surface area contributed by atoms with E-state index in [1.54, 1.807) is 0 Å². The maximum atomic E-state index is 11.6. The van der Waals surface area contributed by atoms with E-state index in [-0.39, 0.29) is 0 Å². The highest BCUT2D eigenvalue weighted by molar-refractivity contribution is 9.10. The Morgan fingerprint density at radius 3 is 1.00 bits per heavy atom. The molecule has 0 N–H and O–H groups in total. The van der Waals surface area contributed by atoms with Gasteiger partial charge in [0.2, 0.25) is 0 Å². The van der Waals surface area contributed by atoms with Crippen molar-refractivity contribution in [1.29, 1.82) is 0 Å². The Bertz CT molecular complexity index is 216. The molecule has 0 bridgehead atoms. The summed E-state index contributed by atoms with van der Waals surface area (Å²) in [6, 6.07) is 0. The highest BCUT2D eigenvalue weighted by Gasteiger charge is 2.91. The van der Waals surface area contributed by atoms with Gasteiger partial charge in [-0.1, -0.05) is 19.4 Å². The van der Waals surface area contributed by atoms with Crippen molar-refractivity contribution in [1.82, 2.24) is 0 Å². The van der Waals surface area contributed by atoms with Crippen LogP contribution < -0.4 is 0 Å². The molecule has 0 atom stereocenters. The van der Waals surface area contributed by atoms with E-state index in [0.717, 1.165) is 0 Å². The van der Waals surface area contributed by atoms with Gasteiger partial charge in [-0.15, -0.1) is 0 Å². The number of halogens is 10. The third kappa shape index (κ3) is 2.17. The van der Waals surface area contributed by atoms with Crippen LogP contribution in [0.25, 0.3) is 0 Å². The van der Waals surface area contributed by atoms with Gasteiger partial charge in [-0.2, -0.15) is 17.6 Å². The van der Waals surface area contributed by atoms with Crippen molar-refractivity contribution < 1.29 is 37.0 Å². The quantitative estimate of drug-likeness (QED) is 0.504. The molecule has 11 heteroatoms. The van der Waals surface area contributed by atoms with Gasteiger partial charge in [-0.05, 0) is 15.9 Å². The van der Waals surface area contributed by atoms with Crippen LogP contribution in [-0.2, 0) is 0 Å². The molecule has 0 aromatic rings. The summed E-state index contributed by atoms with van der Waals surface area (Å²) >= 11 is 0.552. The minimum Gasteiger partial charge on any atom is -0.185 e. The van der Waals surface area contributed by atoms with Crippen LogP contribution in [0.2, 0.25) is 0 Å². The maximum absolute atomic E-state index is 11.6. The first kappa shape index (κ1) is 13.2. The average molecular weight is 307 g/mol. The fourth-order valence-corrected chi connectivity index (χ4v) is 1.57. The zero-order valence-electron chi connectivity index (χ0n) is 5.19. The summed E-state index contributed by atoms with van der Waals surface area (Å²) in [6.07, 6.45) is 0. The summed E-state index contributed by atoms with van der Waals surface area (Å²) in [5.74, 6) is 0. The fraction of sp³-hybridized carbons (Fsp3) is 1.00. The van der Waals surface area contributed by atoms with Crippen molar-refractivity contribution in [3.8, 4) is 0 Å². The van der Waals surface area contributed by atoms with E-state index >= 15 is 0 Å². The topological polar surface area (TPSA) is 0 Å². The number of hydrogen-bond donors (Lipinski definition) is 0. The molecule has 0 aliphatic rings. The second-order valence-electron chi connectivity index (χ2n) is 1.98. The van der Waals surface area contributed by atoms with Gasteiger partial charge >= 0.3 is 20.3 Å². The molecule has 0 fully saturated rings. The first-order valence-electron chi connectivity index (χ1n) is 2.17. The van der Waals surface area contributed by atoms with Crippen molar-refractivity contribution in [2.75, 3.05) is 0 Å². The van der Waals surface area contributed by atoms with Gasteiger partial charge in [0.25, 0.3) is 0 Å². The van der Waals surface area contributed by atoms with Gasteiger partial charge in [0, 0.05) is 0 Å². The maximum Gasteiger partial charge on any atom is 0.454 e. The molecule has 13 heavy (non-hydrogen) atoms. The van der Waals surface area contributed by atoms with Crippen molar-refractivity contribution in [3.63, 3.8) is 0 Å². The molecular weight excluding hydrogens is 307 g/mol. The van der Waals surface area contributed by atoms with E-state index in [4.69, 9.17) is 0 Å². The van der Waals surface area contributed by atoms with E-state index in [9.17, 15) is 37.0 Å². The van der Waals surface area contributed by atoms with Gasteiger partial charge in [-0.25, -0.2) is 0 Å². The minimum absolute atomic E-state index is 0.552. The van der Waals surface area contributed by atoms with Crippen LogP contribution in [0.5, 0.6) is 0 Å². The van der Waals surface area contributed by atoms with Crippen LogP contribution in [0.15, 0.2) is 0 Å². The zero-order chi connectivity index (χ0) is 11.4. The molecule has 0 saturated carbocycles. The van der Waals surface area contributed by atoms with Crippen molar-refractivity contribution in [3.05, 3.63) is 0 Å². The molecule has 0 nitrogen and oxygen atoms in total. The number of rotatable bonds is 2. The van der Waals surface area contributed by atoms with Crippen LogP contribution >= 0.6 is 26.2 Å². The Balaban J connectivity index is 5.60. The van der Waals surface area contributed by atoms with Crippen molar-refractivity contribution in [2.45, 2.75) is 10.1 Å². The molecular formula is C2BrF9S. The molecule has 0 unspecified atom stereocenters. The van der Waals surface area contributed by atoms with Crippen molar-refractivity contribution >= 4 is 26.2 Å². The summed E-state index contributed by atoms with van der Waals surface area (Å²) in [4.78, 5) is -6.04. The van der Waals surface area contributed by atoms with Gasteiger partial charge in [-0.3, -0.25) is 0 Å². The zero-order valence-corrected chi connectivity index (χ0v) is 7.59. The van der Waals surface area contributed by atoms with Crippen LogP contribution in [-0.4, -0.2) is 10.1 Å². The predicted octanol–water partition coefficient (Wildman–Crippen LogP) is 4.87. The summed E-state index contributed by atoms with van der Waals surface area (Å²) in [6.45, 7) is 0. The van der Waals surface area contributed by atoms with E-state index in [2.05, 4.69) is 0 Å². The summed E-state index contributed by atoms with van der Waals surface area (Å²) in [5, 5.41) is -7.38. The van der Waals surface area contributed by atoms with E-state index in [1.165, 1.54) is 0 Å². The lowest BCUT2D eigenvalue weighted by Gasteiger charge is -2.46. The smallest absolute Gasteiger partial charge is 0.185 e. The molecule has 0 amide bonds. The van der Waals surface area contributed by atoms with Crippen LogP contribution in [0.4, 0.5) is 37.0 Å². The normalized spacial score (nSPS) is 20.8.